The van der Waals surface area contributed by atoms with E-state index in [9.17, 15) is 0 Å². The van der Waals surface area contributed by atoms with Gasteiger partial charge in [0.05, 0.1) is 23.7 Å². The molecule has 12 rings (SSSR count). The zero-order valence-corrected chi connectivity index (χ0v) is 38.6. The number of hydrogen-bond acceptors (Lipinski definition) is 8. The smallest absolute Gasteiger partial charge is 0.165 e. The third-order valence-corrected chi connectivity index (χ3v) is 14.2. The van der Waals surface area contributed by atoms with Crippen molar-refractivity contribution >= 4 is 22.7 Å². The number of fused-ring (bicyclic) bond motifs is 18. The second-order valence-corrected chi connectivity index (χ2v) is 18.4. The van der Waals surface area contributed by atoms with E-state index in [0.717, 1.165) is 90.6 Å². The van der Waals surface area contributed by atoms with Crippen LogP contribution in [0.4, 0.5) is 22.7 Å². The Morgan fingerprint density at radius 3 is 0.714 bits per heavy atom. The Morgan fingerprint density at radius 2 is 0.486 bits per heavy atom. The highest BCUT2D eigenvalue weighted by molar-refractivity contribution is 5.64. The lowest BCUT2D eigenvalue weighted by Crippen LogP contribution is -2.18. The van der Waals surface area contributed by atoms with Gasteiger partial charge in [-0.1, -0.05) is 72.8 Å². The van der Waals surface area contributed by atoms with E-state index in [-0.39, 0.29) is 23.7 Å². The van der Waals surface area contributed by atoms with Gasteiger partial charge in [-0.05, 0) is 95.1 Å². The molecule has 0 radical (unpaired) electrons. The van der Waals surface area contributed by atoms with Crippen LogP contribution in [-0.4, -0.2) is 72.5 Å². The van der Waals surface area contributed by atoms with Crippen molar-refractivity contribution in [2.75, 3.05) is 73.9 Å². The fraction of sp³-hybridized carbons (Fsp3) is 0.207. The van der Waals surface area contributed by atoms with E-state index in [1.54, 1.807) is 0 Å². The third kappa shape index (κ3) is 7.65. The van der Waals surface area contributed by atoms with Gasteiger partial charge in [0.15, 0.2) is 23.0 Å². The number of aromatic nitrogens is 4. The molecule has 12 heteroatoms. The fourth-order valence-electron chi connectivity index (χ4n) is 11.1. The zero-order chi connectivity index (χ0) is 46.4. The number of benzene rings is 5. The number of aromatic amines is 4. The Morgan fingerprint density at radius 1 is 0.271 bits per heavy atom. The number of H-pyrrole nitrogens is 4. The van der Waals surface area contributed by atoms with Crippen LogP contribution in [-0.2, 0) is 0 Å². The maximum absolute atomic E-state index is 6.66. The third-order valence-electron chi connectivity index (χ3n) is 14.2. The van der Waals surface area contributed by atoms with Crippen LogP contribution in [0.5, 0.6) is 23.0 Å². The highest BCUT2D eigenvalue weighted by Gasteiger charge is 2.33. The van der Waals surface area contributed by atoms with E-state index >= 15 is 0 Å². The Bertz CT molecular complexity index is 2900. The van der Waals surface area contributed by atoms with Crippen LogP contribution in [0, 0.1) is 0 Å². The Balaban J connectivity index is 1.13. The summed E-state index contributed by atoms with van der Waals surface area (Å²) < 4.78 is 26.6. The molecular formula is C58H54N8O4. The first kappa shape index (κ1) is 41.8. The van der Waals surface area contributed by atoms with Crippen LogP contribution in [0.1, 0.15) is 91.5 Å². The summed E-state index contributed by atoms with van der Waals surface area (Å²) in [5, 5.41) is 15.1. The van der Waals surface area contributed by atoms with Crippen molar-refractivity contribution in [2.24, 2.45) is 0 Å². The van der Waals surface area contributed by atoms with Crippen molar-refractivity contribution in [3.8, 4) is 23.0 Å². The molecule has 70 heavy (non-hydrogen) atoms. The van der Waals surface area contributed by atoms with Gasteiger partial charge in [-0.3, -0.25) is 0 Å². The van der Waals surface area contributed by atoms with Gasteiger partial charge in [0.1, 0.15) is 26.4 Å². The maximum Gasteiger partial charge on any atom is 0.165 e. The maximum atomic E-state index is 6.66. The highest BCUT2D eigenvalue weighted by Crippen LogP contribution is 2.46. The highest BCUT2D eigenvalue weighted by atomic mass is 16.5. The number of rotatable bonds is 0. The van der Waals surface area contributed by atoms with E-state index in [4.69, 9.17) is 18.9 Å². The first-order valence-corrected chi connectivity index (χ1v) is 24.5. The van der Waals surface area contributed by atoms with Crippen molar-refractivity contribution in [3.63, 3.8) is 0 Å². The molecule has 3 aliphatic rings. The molecule has 0 amide bonds. The molecule has 5 aromatic carbocycles. The van der Waals surface area contributed by atoms with Gasteiger partial charge in [-0.25, -0.2) is 0 Å². The van der Waals surface area contributed by atoms with Crippen LogP contribution < -0.4 is 40.2 Å². The standard InChI is InChI=1S/C58H54N8O4/c1-5-13-39-35(9-1)55-43-17-18-44(63-43)56-36-10-2-6-14-40(36)60-26-30-68-52-34-54-53(33-51(52)67-29-25-59-39)69-31-27-61-41-15-7-3-11-37(41)57(48-22-21-47(55)65-48)45-19-20-46(64-45)58(50-24-23-49(56)66-50)38-12-4-8-16-42(38)62-28-32-70-54/h1-24,33-34,55-66H,25-32H2. The molecule has 0 spiro atoms. The molecule has 350 valence electrons. The molecule has 12 nitrogen and oxygen atoms in total. The van der Waals surface area contributed by atoms with Gasteiger partial charge in [0.2, 0.25) is 0 Å². The molecule has 0 saturated heterocycles. The predicted molar refractivity (Wildman–Crippen MR) is 275 cm³/mol. The van der Waals surface area contributed by atoms with Crippen molar-refractivity contribution in [1.29, 1.82) is 0 Å². The van der Waals surface area contributed by atoms with Crippen LogP contribution >= 0.6 is 0 Å². The minimum Gasteiger partial charge on any atom is -0.488 e. The van der Waals surface area contributed by atoms with E-state index < -0.39 is 0 Å². The summed E-state index contributed by atoms with van der Waals surface area (Å²) in [6, 6.07) is 56.5. The molecule has 3 aliphatic heterocycles. The van der Waals surface area contributed by atoms with Crippen LogP contribution in [0.3, 0.4) is 0 Å². The van der Waals surface area contributed by atoms with Gasteiger partial charge < -0.3 is 60.2 Å². The Hall–Kier alpha value is -8.38. The van der Waals surface area contributed by atoms with Gasteiger partial charge >= 0.3 is 0 Å². The van der Waals surface area contributed by atoms with Gasteiger partial charge in [0.25, 0.3) is 0 Å². The summed E-state index contributed by atoms with van der Waals surface area (Å²) in [6.07, 6.45) is 0. The predicted octanol–water partition coefficient (Wildman–Crippen LogP) is 10.9. The molecule has 7 heterocycles. The fourth-order valence-corrected chi connectivity index (χ4v) is 11.1. The van der Waals surface area contributed by atoms with Gasteiger partial charge in [0, 0.05) is 107 Å². The lowest BCUT2D eigenvalue weighted by atomic mass is 9.90. The molecule has 0 atom stereocenters. The summed E-state index contributed by atoms with van der Waals surface area (Å²) in [4.78, 5) is 16.3. The molecule has 4 aromatic heterocycles. The van der Waals surface area contributed by atoms with Crippen molar-refractivity contribution in [3.05, 3.63) is 226 Å². The second kappa shape index (κ2) is 17.9. The summed E-state index contributed by atoms with van der Waals surface area (Å²) >= 11 is 0. The largest absolute Gasteiger partial charge is 0.488 e. The first-order valence-electron chi connectivity index (χ1n) is 24.5. The van der Waals surface area contributed by atoms with Crippen LogP contribution in [0.2, 0.25) is 0 Å². The number of ether oxygens (including phenoxy) is 4. The molecule has 0 fully saturated rings. The van der Waals surface area contributed by atoms with E-state index in [1.807, 2.05) is 12.1 Å². The van der Waals surface area contributed by atoms with Crippen molar-refractivity contribution in [1.82, 2.24) is 19.9 Å². The Labute approximate surface area is 406 Å². The lowest BCUT2D eigenvalue weighted by molar-refractivity contribution is 0.260. The minimum atomic E-state index is -0.204. The van der Waals surface area contributed by atoms with E-state index in [2.05, 4.69) is 187 Å². The number of anilines is 4. The molecular weight excluding hydrogens is 873 g/mol. The lowest BCUT2D eigenvalue weighted by Gasteiger charge is -2.24. The summed E-state index contributed by atoms with van der Waals surface area (Å²) in [7, 11) is 0. The molecule has 12 bridgehead atoms. The molecule has 8 N–H and O–H groups in total. The Kier molecular flexibility index (Phi) is 10.7. The average Bonchev–Trinajstić information content (AvgIpc) is 4.24. The zero-order valence-electron chi connectivity index (χ0n) is 38.6. The topological polar surface area (TPSA) is 148 Å². The van der Waals surface area contributed by atoms with Crippen molar-refractivity contribution in [2.45, 2.75) is 23.7 Å². The SMILES string of the molecule is c1ccc2c(c1)NCCOc1cc3c4cc1OCCNc1ccccc1C1c5ccc([nH]5)C2c2ccc([nH]2)C(c2ccc([nH]2)C(c2ccc1[nH]2)c1ccccc1NCCO4)c1ccccc1NCCO3. The number of hydrogen-bond donors (Lipinski definition) is 8. The minimum absolute atomic E-state index is 0.204. The van der Waals surface area contributed by atoms with Gasteiger partial charge in [-0.2, -0.15) is 0 Å². The second-order valence-electron chi connectivity index (χ2n) is 18.4. The first-order chi connectivity index (χ1) is 34.7. The summed E-state index contributed by atoms with van der Waals surface area (Å²) in [5.41, 5.74) is 17.1. The molecule has 0 unspecified atom stereocenters. The molecule has 9 aromatic rings. The number of nitrogens with one attached hydrogen (secondary N) is 8. The number of para-hydroxylation sites is 4. The van der Waals surface area contributed by atoms with Crippen molar-refractivity contribution < 1.29 is 18.9 Å². The normalized spacial score (nSPS) is 19.3. The van der Waals surface area contributed by atoms with Crippen LogP contribution in [0.25, 0.3) is 0 Å². The quantitative estimate of drug-likeness (QED) is 0.0750. The van der Waals surface area contributed by atoms with Crippen LogP contribution in [0.15, 0.2) is 158 Å². The summed E-state index contributed by atoms with van der Waals surface area (Å²) in [5.74, 6) is 1.49. The van der Waals surface area contributed by atoms with E-state index in [1.165, 1.54) is 0 Å². The van der Waals surface area contributed by atoms with E-state index in [0.29, 0.717) is 75.6 Å². The molecule has 0 aliphatic carbocycles. The van der Waals surface area contributed by atoms with Gasteiger partial charge in [-0.15, -0.1) is 0 Å². The monoisotopic (exact) mass is 926 g/mol. The summed E-state index contributed by atoms with van der Waals surface area (Å²) in [6.45, 7) is 3.58. The molecule has 0 saturated carbocycles. The average molecular weight is 927 g/mol.